The average molecular weight is 497 g/mol. The van der Waals surface area contributed by atoms with Crippen LogP contribution in [0.3, 0.4) is 0 Å². The Morgan fingerprint density at radius 1 is 1.26 bits per heavy atom. The largest absolute Gasteiger partial charge is 0.481 e. The summed E-state index contributed by atoms with van der Waals surface area (Å²) in [6.07, 6.45) is 0.250. The number of anilines is 3. The van der Waals surface area contributed by atoms with Gasteiger partial charge in [0.2, 0.25) is 5.95 Å². The van der Waals surface area contributed by atoms with Crippen LogP contribution in [0.2, 0.25) is 0 Å². The van der Waals surface area contributed by atoms with Crippen molar-refractivity contribution in [2.45, 2.75) is 77.1 Å². The number of carboxylic acids is 1. The minimum absolute atomic E-state index is 0.0193. The topological polar surface area (TPSA) is 90.5 Å². The number of H-pyrrole nitrogens is 1. The Morgan fingerprint density at radius 2 is 1.94 bits per heavy atom. The highest BCUT2D eigenvalue weighted by atomic mass is 19.4. The van der Waals surface area contributed by atoms with E-state index in [0.717, 1.165) is 49.7 Å². The number of nitrogens with zero attached hydrogens (tertiary/aromatic N) is 2. The fourth-order valence-electron chi connectivity index (χ4n) is 4.68. The highest BCUT2D eigenvalue weighted by Crippen LogP contribution is 2.38. The number of ether oxygens (including phenoxy) is 1. The van der Waals surface area contributed by atoms with Crippen molar-refractivity contribution < 1.29 is 27.8 Å². The number of carbonyl (C=O) groups is 1. The standard InChI is InChI=1S/C25H35F3N4O3/c1-15(2)14-32(18-6-8-19(35-4)9-7-18)21-10-5-17(16(3)11-23(33)34)12-20(21)30-24-29-13-22(31-24)25(26,27)28/h5,10,12-13,15-16,18-19H,6-9,11,14H2,1-4H3,(H,33,34)(H2,29,30,31)/t16-,18-,19+/m1/s1. The lowest BCUT2D eigenvalue weighted by molar-refractivity contribution is -0.141. The lowest BCUT2D eigenvalue weighted by Gasteiger charge is -2.40. The molecule has 3 rings (SSSR count). The fourth-order valence-corrected chi connectivity index (χ4v) is 4.68. The summed E-state index contributed by atoms with van der Waals surface area (Å²) in [6, 6.07) is 5.93. The highest BCUT2D eigenvalue weighted by molar-refractivity contribution is 5.75. The van der Waals surface area contributed by atoms with Gasteiger partial charge in [0.1, 0.15) is 0 Å². The van der Waals surface area contributed by atoms with Crippen LogP contribution in [0, 0.1) is 5.92 Å². The van der Waals surface area contributed by atoms with E-state index in [0.29, 0.717) is 11.6 Å². The third-order valence-electron chi connectivity index (χ3n) is 6.48. The summed E-state index contributed by atoms with van der Waals surface area (Å²) in [5, 5.41) is 12.3. The molecule has 1 aromatic heterocycles. The molecule has 0 amide bonds. The van der Waals surface area contributed by atoms with Gasteiger partial charge in [-0.25, -0.2) is 4.98 Å². The fraction of sp³-hybridized carbons (Fsp3) is 0.600. The number of nitrogens with one attached hydrogen (secondary N) is 2. The Morgan fingerprint density at radius 3 is 2.49 bits per heavy atom. The van der Waals surface area contributed by atoms with Gasteiger partial charge in [-0.15, -0.1) is 0 Å². The van der Waals surface area contributed by atoms with Crippen molar-refractivity contribution >= 4 is 23.3 Å². The molecule has 0 radical (unpaired) electrons. The van der Waals surface area contributed by atoms with Gasteiger partial charge in [-0.05, 0) is 55.2 Å². The molecule has 3 N–H and O–H groups in total. The first-order chi connectivity index (χ1) is 16.5. The number of halogens is 3. The van der Waals surface area contributed by atoms with Crippen molar-refractivity contribution in [3.8, 4) is 0 Å². The number of aliphatic carboxylic acids is 1. The van der Waals surface area contributed by atoms with E-state index in [1.165, 1.54) is 0 Å². The van der Waals surface area contributed by atoms with E-state index in [4.69, 9.17) is 4.74 Å². The summed E-state index contributed by atoms with van der Waals surface area (Å²) in [5.74, 6) is -0.836. The molecule has 0 spiro atoms. The van der Waals surface area contributed by atoms with E-state index < -0.39 is 17.8 Å². The first-order valence-corrected chi connectivity index (χ1v) is 12.0. The van der Waals surface area contributed by atoms with Crippen LogP contribution < -0.4 is 10.2 Å². The number of hydrogen-bond acceptors (Lipinski definition) is 5. The van der Waals surface area contributed by atoms with Gasteiger partial charge in [0.15, 0.2) is 5.69 Å². The molecule has 1 atom stereocenters. The van der Waals surface area contributed by atoms with Crippen LogP contribution in [0.1, 0.15) is 70.1 Å². The zero-order valence-corrected chi connectivity index (χ0v) is 20.7. The van der Waals surface area contributed by atoms with Crippen LogP contribution in [-0.4, -0.2) is 46.8 Å². The van der Waals surface area contributed by atoms with Gasteiger partial charge in [-0.2, -0.15) is 13.2 Å². The summed E-state index contributed by atoms with van der Waals surface area (Å²) in [4.78, 5) is 19.8. The summed E-state index contributed by atoms with van der Waals surface area (Å²) >= 11 is 0. The van der Waals surface area contributed by atoms with Gasteiger partial charge in [0.05, 0.1) is 23.9 Å². The minimum Gasteiger partial charge on any atom is -0.481 e. The Labute approximate surface area is 204 Å². The zero-order valence-electron chi connectivity index (χ0n) is 20.7. The van der Waals surface area contributed by atoms with Gasteiger partial charge in [0, 0.05) is 25.9 Å². The highest BCUT2D eigenvalue weighted by Gasteiger charge is 2.34. The molecule has 2 aromatic rings. The van der Waals surface area contributed by atoms with Crippen LogP contribution in [-0.2, 0) is 15.7 Å². The van der Waals surface area contributed by atoms with Crippen molar-refractivity contribution in [1.82, 2.24) is 9.97 Å². The van der Waals surface area contributed by atoms with Crippen LogP contribution in [0.4, 0.5) is 30.5 Å². The Balaban J connectivity index is 1.99. The predicted octanol–water partition coefficient (Wildman–Crippen LogP) is 6.17. The minimum atomic E-state index is -4.55. The van der Waals surface area contributed by atoms with Crippen LogP contribution in [0.15, 0.2) is 24.4 Å². The van der Waals surface area contributed by atoms with Gasteiger partial charge < -0.3 is 25.0 Å². The second-order valence-electron chi connectivity index (χ2n) is 9.75. The summed E-state index contributed by atoms with van der Waals surface area (Å²) in [6.45, 7) is 6.85. The molecule has 1 heterocycles. The Bertz CT molecular complexity index is 985. The molecule has 0 unspecified atom stereocenters. The Kier molecular flexibility index (Phi) is 8.69. The number of hydrogen-bond donors (Lipinski definition) is 3. The lowest BCUT2D eigenvalue weighted by Crippen LogP contribution is -2.41. The number of imidazole rings is 1. The SMILES string of the molecule is CO[C@H]1CC[C@@H](N(CC(C)C)c2ccc([C@H](C)CC(=O)O)cc2Nc2nc(C(F)(F)F)c[nH]2)CC1. The normalized spacial score (nSPS) is 19.5. The second-order valence-corrected chi connectivity index (χ2v) is 9.75. The number of carboxylic acid groups (broad SMARTS) is 1. The predicted molar refractivity (Wildman–Crippen MR) is 129 cm³/mol. The molecule has 1 fully saturated rings. The third kappa shape index (κ3) is 7.13. The monoisotopic (exact) mass is 496 g/mol. The maximum atomic E-state index is 13.1. The lowest BCUT2D eigenvalue weighted by atomic mass is 9.90. The molecule has 0 aliphatic heterocycles. The molecule has 1 saturated carbocycles. The summed E-state index contributed by atoms with van der Waals surface area (Å²) < 4.78 is 44.8. The molecule has 1 aliphatic carbocycles. The number of methoxy groups -OCH3 is 1. The van der Waals surface area contributed by atoms with E-state index in [2.05, 4.69) is 34.0 Å². The van der Waals surface area contributed by atoms with Crippen LogP contribution >= 0.6 is 0 Å². The van der Waals surface area contributed by atoms with Crippen LogP contribution in [0.5, 0.6) is 0 Å². The summed E-state index contributed by atoms with van der Waals surface area (Å²) in [7, 11) is 1.73. The average Bonchev–Trinajstić information content (AvgIpc) is 3.26. The molecule has 1 aliphatic rings. The van der Waals surface area contributed by atoms with Crippen molar-refractivity contribution in [1.29, 1.82) is 0 Å². The smallest absolute Gasteiger partial charge is 0.434 e. The number of aromatic nitrogens is 2. The molecule has 0 saturated heterocycles. The molecular weight excluding hydrogens is 461 g/mol. The quantitative estimate of drug-likeness (QED) is 0.364. The van der Waals surface area contributed by atoms with Crippen molar-refractivity contribution in [3.05, 3.63) is 35.7 Å². The molecule has 0 bridgehead atoms. The van der Waals surface area contributed by atoms with E-state index in [1.54, 1.807) is 7.11 Å². The molecule has 7 nitrogen and oxygen atoms in total. The van der Waals surface area contributed by atoms with Gasteiger partial charge in [-0.1, -0.05) is 26.8 Å². The molecule has 10 heteroatoms. The number of aromatic amines is 1. The van der Waals surface area contributed by atoms with E-state index in [-0.39, 0.29) is 30.4 Å². The van der Waals surface area contributed by atoms with E-state index in [1.807, 2.05) is 25.1 Å². The molecular formula is C25H35F3N4O3. The van der Waals surface area contributed by atoms with Crippen molar-refractivity contribution in [3.63, 3.8) is 0 Å². The maximum Gasteiger partial charge on any atom is 0.434 e. The Hall–Kier alpha value is -2.75. The second kappa shape index (κ2) is 11.3. The van der Waals surface area contributed by atoms with Gasteiger partial charge in [0.25, 0.3) is 0 Å². The van der Waals surface area contributed by atoms with Gasteiger partial charge in [-0.3, -0.25) is 4.79 Å². The molecule has 35 heavy (non-hydrogen) atoms. The van der Waals surface area contributed by atoms with Crippen molar-refractivity contribution in [2.75, 3.05) is 23.9 Å². The summed E-state index contributed by atoms with van der Waals surface area (Å²) in [5.41, 5.74) is 1.23. The first-order valence-electron chi connectivity index (χ1n) is 12.0. The van der Waals surface area contributed by atoms with Crippen molar-refractivity contribution in [2.24, 2.45) is 5.92 Å². The number of alkyl halides is 3. The number of benzene rings is 1. The maximum absolute atomic E-state index is 13.1. The first kappa shape index (κ1) is 26.8. The molecule has 194 valence electrons. The van der Waals surface area contributed by atoms with E-state index >= 15 is 0 Å². The number of rotatable bonds is 10. The zero-order chi connectivity index (χ0) is 25.8. The van der Waals surface area contributed by atoms with Gasteiger partial charge >= 0.3 is 12.1 Å². The third-order valence-corrected chi connectivity index (χ3v) is 6.48. The van der Waals surface area contributed by atoms with Crippen LogP contribution in [0.25, 0.3) is 0 Å². The van der Waals surface area contributed by atoms with E-state index in [9.17, 15) is 23.1 Å². The molecule has 1 aromatic carbocycles.